The van der Waals surface area contributed by atoms with Gasteiger partial charge < -0.3 is 15.8 Å². The van der Waals surface area contributed by atoms with Crippen LogP contribution in [0.4, 0.5) is 0 Å². The molecule has 1 aromatic carbocycles. The summed E-state index contributed by atoms with van der Waals surface area (Å²) in [6, 6.07) is 11.1. The molecule has 0 aliphatic heterocycles. The van der Waals surface area contributed by atoms with Crippen LogP contribution in [-0.2, 0) is 13.1 Å². The summed E-state index contributed by atoms with van der Waals surface area (Å²) >= 11 is 0. The van der Waals surface area contributed by atoms with E-state index in [4.69, 9.17) is 10.5 Å². The van der Waals surface area contributed by atoms with Crippen molar-refractivity contribution < 1.29 is 9.53 Å². The zero-order valence-electron chi connectivity index (χ0n) is 11.3. The Morgan fingerprint density at radius 1 is 1.25 bits per heavy atom. The van der Waals surface area contributed by atoms with Gasteiger partial charge in [0.05, 0.1) is 7.11 Å². The van der Waals surface area contributed by atoms with Gasteiger partial charge in [-0.1, -0.05) is 18.2 Å². The van der Waals surface area contributed by atoms with Gasteiger partial charge in [0.1, 0.15) is 0 Å². The highest BCUT2D eigenvalue weighted by Gasteiger charge is 2.03. The van der Waals surface area contributed by atoms with E-state index in [0.29, 0.717) is 24.5 Å². The summed E-state index contributed by atoms with van der Waals surface area (Å²) in [7, 11) is 1.61. The fourth-order valence-corrected chi connectivity index (χ4v) is 1.87. The fourth-order valence-electron chi connectivity index (χ4n) is 1.87. The predicted molar refractivity (Wildman–Crippen MR) is 76.3 cm³/mol. The molecule has 2 aromatic rings. The number of ether oxygens (including phenoxy) is 1. The highest BCUT2D eigenvalue weighted by atomic mass is 16.5. The minimum atomic E-state index is -0.412. The summed E-state index contributed by atoms with van der Waals surface area (Å²) in [6.07, 6.45) is 1.70. The summed E-state index contributed by atoms with van der Waals surface area (Å²) in [5.41, 5.74) is 7.80. The molecule has 1 heterocycles. The lowest BCUT2D eigenvalue weighted by molar-refractivity contribution is 0.100. The second kappa shape index (κ2) is 6.68. The molecule has 0 spiro atoms. The van der Waals surface area contributed by atoms with E-state index < -0.39 is 5.91 Å². The minimum absolute atomic E-state index is 0.412. The van der Waals surface area contributed by atoms with Crippen LogP contribution < -0.4 is 15.8 Å². The van der Waals surface area contributed by atoms with Gasteiger partial charge in [0.25, 0.3) is 0 Å². The number of hydrogen-bond donors (Lipinski definition) is 2. The maximum atomic E-state index is 11.0. The van der Waals surface area contributed by atoms with E-state index in [1.165, 1.54) is 0 Å². The van der Waals surface area contributed by atoms with Gasteiger partial charge in [-0.05, 0) is 23.8 Å². The van der Waals surface area contributed by atoms with E-state index in [2.05, 4.69) is 10.3 Å². The molecule has 5 heteroatoms. The maximum absolute atomic E-state index is 11.0. The molecular weight excluding hydrogens is 254 g/mol. The molecular formula is C15H17N3O2. The Morgan fingerprint density at radius 3 is 2.65 bits per heavy atom. The van der Waals surface area contributed by atoms with E-state index in [-0.39, 0.29) is 0 Å². The van der Waals surface area contributed by atoms with Crippen LogP contribution in [0, 0.1) is 0 Å². The standard InChI is InChI=1S/C15H17N3O2/c1-20-15-13(3-2-8-18-15)10-17-9-11-4-6-12(7-5-11)14(16)19/h2-8,17H,9-10H2,1H3,(H2,16,19). The van der Waals surface area contributed by atoms with Crippen LogP contribution in [-0.4, -0.2) is 18.0 Å². The van der Waals surface area contributed by atoms with Crippen LogP contribution in [0.15, 0.2) is 42.6 Å². The molecule has 0 aliphatic rings. The zero-order chi connectivity index (χ0) is 14.4. The molecule has 0 bridgehead atoms. The Morgan fingerprint density at radius 2 is 2.00 bits per heavy atom. The first kappa shape index (κ1) is 14.0. The number of pyridine rings is 1. The van der Waals surface area contributed by atoms with Crippen LogP contribution in [0.25, 0.3) is 0 Å². The van der Waals surface area contributed by atoms with Crippen molar-refractivity contribution in [3.8, 4) is 5.88 Å². The molecule has 3 N–H and O–H groups in total. The van der Waals surface area contributed by atoms with Gasteiger partial charge in [-0.3, -0.25) is 4.79 Å². The average molecular weight is 271 g/mol. The summed E-state index contributed by atoms with van der Waals surface area (Å²) < 4.78 is 5.19. The number of nitrogens with two attached hydrogens (primary N) is 1. The summed E-state index contributed by atoms with van der Waals surface area (Å²) in [5, 5.41) is 3.31. The molecule has 5 nitrogen and oxygen atoms in total. The molecule has 1 amide bonds. The van der Waals surface area contributed by atoms with Crippen LogP contribution in [0.3, 0.4) is 0 Å². The number of carbonyl (C=O) groups excluding carboxylic acids is 1. The maximum Gasteiger partial charge on any atom is 0.248 e. The molecule has 104 valence electrons. The Hall–Kier alpha value is -2.40. The van der Waals surface area contributed by atoms with Crippen LogP contribution in [0.1, 0.15) is 21.5 Å². The smallest absolute Gasteiger partial charge is 0.248 e. The third-order valence-corrected chi connectivity index (χ3v) is 2.93. The number of methoxy groups -OCH3 is 1. The number of amides is 1. The highest BCUT2D eigenvalue weighted by Crippen LogP contribution is 2.13. The van der Waals surface area contributed by atoms with Crippen molar-refractivity contribution in [3.05, 3.63) is 59.3 Å². The Bertz CT molecular complexity index is 582. The van der Waals surface area contributed by atoms with Crippen molar-refractivity contribution in [2.45, 2.75) is 13.1 Å². The first-order chi connectivity index (χ1) is 9.70. The number of primary amides is 1. The van der Waals surface area contributed by atoms with Crippen LogP contribution >= 0.6 is 0 Å². The van der Waals surface area contributed by atoms with Crippen molar-refractivity contribution in [2.24, 2.45) is 5.73 Å². The molecule has 0 unspecified atom stereocenters. The van der Waals surface area contributed by atoms with Gasteiger partial charge in [0, 0.05) is 30.4 Å². The Labute approximate surface area is 117 Å². The van der Waals surface area contributed by atoms with Gasteiger partial charge in [-0.25, -0.2) is 4.98 Å². The van der Waals surface area contributed by atoms with Gasteiger partial charge in [0.2, 0.25) is 11.8 Å². The van der Waals surface area contributed by atoms with E-state index in [0.717, 1.165) is 11.1 Å². The molecule has 2 rings (SSSR count). The third kappa shape index (κ3) is 3.55. The molecule has 0 radical (unpaired) electrons. The van der Waals surface area contributed by atoms with Crippen molar-refractivity contribution >= 4 is 5.91 Å². The van der Waals surface area contributed by atoms with Gasteiger partial charge in [0.15, 0.2) is 0 Å². The molecule has 1 aromatic heterocycles. The lowest BCUT2D eigenvalue weighted by Crippen LogP contribution is -2.14. The monoisotopic (exact) mass is 271 g/mol. The lowest BCUT2D eigenvalue weighted by atomic mass is 10.1. The van der Waals surface area contributed by atoms with Crippen molar-refractivity contribution in [1.29, 1.82) is 0 Å². The Kier molecular flexibility index (Phi) is 4.68. The van der Waals surface area contributed by atoms with Gasteiger partial charge in [-0.2, -0.15) is 0 Å². The number of rotatable bonds is 6. The lowest BCUT2D eigenvalue weighted by Gasteiger charge is -2.08. The summed E-state index contributed by atoms with van der Waals surface area (Å²) in [4.78, 5) is 15.1. The number of nitrogens with zero attached hydrogens (tertiary/aromatic N) is 1. The summed E-state index contributed by atoms with van der Waals surface area (Å²) in [6.45, 7) is 1.35. The molecule has 0 saturated heterocycles. The number of carbonyl (C=O) groups is 1. The second-order valence-corrected chi connectivity index (χ2v) is 4.34. The normalized spacial score (nSPS) is 10.2. The van der Waals surface area contributed by atoms with E-state index in [1.54, 1.807) is 25.4 Å². The molecule has 0 aliphatic carbocycles. The zero-order valence-corrected chi connectivity index (χ0v) is 11.3. The number of nitrogens with one attached hydrogen (secondary N) is 1. The first-order valence-corrected chi connectivity index (χ1v) is 6.28. The molecule has 20 heavy (non-hydrogen) atoms. The predicted octanol–water partition coefficient (Wildman–Crippen LogP) is 1.48. The second-order valence-electron chi connectivity index (χ2n) is 4.34. The fraction of sp³-hybridized carbons (Fsp3) is 0.200. The van der Waals surface area contributed by atoms with Crippen molar-refractivity contribution in [1.82, 2.24) is 10.3 Å². The van der Waals surface area contributed by atoms with Crippen LogP contribution in [0.2, 0.25) is 0 Å². The molecule has 0 fully saturated rings. The number of hydrogen-bond acceptors (Lipinski definition) is 4. The Balaban J connectivity index is 1.91. The number of benzene rings is 1. The largest absolute Gasteiger partial charge is 0.481 e. The van der Waals surface area contributed by atoms with Crippen LogP contribution in [0.5, 0.6) is 5.88 Å². The van der Waals surface area contributed by atoms with Crippen molar-refractivity contribution in [3.63, 3.8) is 0 Å². The van der Waals surface area contributed by atoms with Gasteiger partial charge >= 0.3 is 0 Å². The first-order valence-electron chi connectivity index (χ1n) is 6.28. The molecule has 0 saturated carbocycles. The SMILES string of the molecule is COc1ncccc1CNCc1ccc(C(N)=O)cc1. The third-order valence-electron chi connectivity index (χ3n) is 2.93. The average Bonchev–Trinajstić information content (AvgIpc) is 2.48. The number of aromatic nitrogens is 1. The summed E-state index contributed by atoms with van der Waals surface area (Å²) in [5.74, 6) is 0.216. The van der Waals surface area contributed by atoms with Gasteiger partial charge in [-0.15, -0.1) is 0 Å². The van der Waals surface area contributed by atoms with E-state index in [1.807, 2.05) is 24.3 Å². The minimum Gasteiger partial charge on any atom is -0.481 e. The highest BCUT2D eigenvalue weighted by molar-refractivity contribution is 5.92. The molecule has 0 atom stereocenters. The van der Waals surface area contributed by atoms with E-state index in [9.17, 15) is 4.79 Å². The topological polar surface area (TPSA) is 77.2 Å². The quantitative estimate of drug-likeness (QED) is 0.834. The van der Waals surface area contributed by atoms with E-state index >= 15 is 0 Å². The van der Waals surface area contributed by atoms with Crippen molar-refractivity contribution in [2.75, 3.05) is 7.11 Å².